The number of pyridine rings is 1. The van der Waals surface area contributed by atoms with E-state index in [1.165, 1.54) is 4.90 Å². The van der Waals surface area contributed by atoms with Gasteiger partial charge in [-0.1, -0.05) is 11.6 Å². The van der Waals surface area contributed by atoms with Crippen molar-refractivity contribution in [3.05, 3.63) is 22.8 Å². The molecule has 1 aliphatic rings. The fourth-order valence-corrected chi connectivity index (χ4v) is 3.24. The van der Waals surface area contributed by atoms with E-state index in [1.54, 1.807) is 25.9 Å². The highest BCUT2D eigenvalue weighted by molar-refractivity contribution is 6.33. The molecule has 0 saturated carbocycles. The molecule has 1 aliphatic heterocycles. The number of nitrogens with one attached hydrogen (secondary N) is 1. The van der Waals surface area contributed by atoms with Crippen LogP contribution in [0.3, 0.4) is 0 Å². The summed E-state index contributed by atoms with van der Waals surface area (Å²) >= 11 is 5.98. The van der Waals surface area contributed by atoms with Gasteiger partial charge >= 0.3 is 6.18 Å². The van der Waals surface area contributed by atoms with Gasteiger partial charge in [0.1, 0.15) is 11.9 Å². The number of hydrogen-bond donors (Lipinski definition) is 1. The van der Waals surface area contributed by atoms with Gasteiger partial charge in [0, 0.05) is 39.3 Å². The van der Waals surface area contributed by atoms with Crippen molar-refractivity contribution in [1.82, 2.24) is 15.2 Å². The highest BCUT2D eigenvalue weighted by Gasteiger charge is 2.33. The molecular formula is C17H22ClF3N4O2. The summed E-state index contributed by atoms with van der Waals surface area (Å²) in [6, 6.07) is 0.244. The molecule has 1 unspecified atom stereocenters. The van der Waals surface area contributed by atoms with Crippen LogP contribution >= 0.6 is 11.6 Å². The second kappa shape index (κ2) is 8.33. The largest absolute Gasteiger partial charge is 0.417 e. The Bertz CT molecular complexity index is 704. The maximum atomic E-state index is 12.7. The van der Waals surface area contributed by atoms with Crippen LogP contribution in [-0.2, 0) is 15.8 Å². The minimum atomic E-state index is -4.50. The number of aromatic nitrogens is 1. The van der Waals surface area contributed by atoms with Crippen LogP contribution in [0.1, 0.15) is 25.3 Å². The zero-order chi connectivity index (χ0) is 20.4. The second-order valence-corrected chi connectivity index (χ2v) is 7.16. The fourth-order valence-electron chi connectivity index (χ4n) is 2.95. The van der Waals surface area contributed by atoms with Crippen molar-refractivity contribution in [2.75, 3.05) is 32.1 Å². The summed E-state index contributed by atoms with van der Waals surface area (Å²) in [6.07, 6.45) is -2.75. The number of rotatable bonds is 4. The van der Waals surface area contributed by atoms with Crippen LogP contribution in [-0.4, -0.2) is 54.9 Å². The number of carbonyl (C=O) groups is 2. The summed E-state index contributed by atoms with van der Waals surface area (Å²) in [5.41, 5.74) is -0.898. The molecule has 27 heavy (non-hydrogen) atoms. The van der Waals surface area contributed by atoms with Gasteiger partial charge in [-0.15, -0.1) is 0 Å². The molecule has 150 valence electrons. The maximum Gasteiger partial charge on any atom is 0.417 e. The molecule has 10 heteroatoms. The lowest BCUT2D eigenvalue weighted by Crippen LogP contribution is -2.48. The third kappa shape index (κ3) is 5.24. The molecule has 2 rings (SSSR count). The molecule has 0 aromatic carbocycles. The summed E-state index contributed by atoms with van der Waals surface area (Å²) in [7, 11) is 3.23. The number of amides is 2. The van der Waals surface area contributed by atoms with Gasteiger partial charge in [0.15, 0.2) is 0 Å². The summed E-state index contributed by atoms with van der Waals surface area (Å²) in [6.45, 7) is 2.50. The number of alkyl halides is 3. The van der Waals surface area contributed by atoms with Crippen LogP contribution in [0.15, 0.2) is 12.3 Å². The Morgan fingerprint density at radius 1 is 1.33 bits per heavy atom. The van der Waals surface area contributed by atoms with E-state index in [2.05, 4.69) is 10.3 Å². The summed E-state index contributed by atoms with van der Waals surface area (Å²) in [5, 5.41) is 2.63. The Balaban J connectivity index is 1.95. The molecule has 2 heterocycles. The SMILES string of the molecule is CC(NC(=O)C1CCN(c2ncc(C(F)(F)F)cc2Cl)CC1)C(=O)N(C)C. The van der Waals surface area contributed by atoms with Gasteiger partial charge in [0.25, 0.3) is 0 Å². The Morgan fingerprint density at radius 3 is 2.41 bits per heavy atom. The van der Waals surface area contributed by atoms with Crippen LogP contribution in [0.2, 0.25) is 5.02 Å². The van der Waals surface area contributed by atoms with Gasteiger partial charge in [-0.2, -0.15) is 13.2 Å². The van der Waals surface area contributed by atoms with E-state index in [0.717, 1.165) is 12.3 Å². The lowest BCUT2D eigenvalue weighted by Gasteiger charge is -2.33. The van der Waals surface area contributed by atoms with Crippen molar-refractivity contribution in [3.63, 3.8) is 0 Å². The van der Waals surface area contributed by atoms with Crippen molar-refractivity contribution >= 4 is 29.2 Å². The van der Waals surface area contributed by atoms with Crippen molar-refractivity contribution in [2.24, 2.45) is 5.92 Å². The van der Waals surface area contributed by atoms with Crippen LogP contribution in [0.5, 0.6) is 0 Å². The molecule has 0 radical (unpaired) electrons. The second-order valence-electron chi connectivity index (χ2n) is 6.75. The van der Waals surface area contributed by atoms with Crippen molar-refractivity contribution in [3.8, 4) is 0 Å². The first-order valence-electron chi connectivity index (χ1n) is 8.50. The predicted octanol–water partition coefficient (Wildman–Crippen LogP) is 2.56. The Morgan fingerprint density at radius 2 is 1.93 bits per heavy atom. The number of likely N-dealkylation sites (N-methyl/N-ethyl adjacent to an activating group) is 1. The molecule has 1 aromatic heterocycles. The zero-order valence-electron chi connectivity index (χ0n) is 15.3. The third-order valence-corrected chi connectivity index (χ3v) is 4.76. The lowest BCUT2D eigenvalue weighted by molar-refractivity contribution is -0.137. The van der Waals surface area contributed by atoms with E-state index in [9.17, 15) is 22.8 Å². The van der Waals surface area contributed by atoms with Gasteiger partial charge in [-0.25, -0.2) is 4.98 Å². The van der Waals surface area contributed by atoms with Crippen LogP contribution < -0.4 is 10.2 Å². The molecule has 1 saturated heterocycles. The molecule has 2 amide bonds. The summed E-state index contributed by atoms with van der Waals surface area (Å²) < 4.78 is 38.1. The smallest absolute Gasteiger partial charge is 0.355 e. The molecule has 0 bridgehead atoms. The zero-order valence-corrected chi connectivity index (χ0v) is 16.1. The standard InChI is InChI=1S/C17H22ClF3N4O2/c1-10(16(27)24(2)3)23-15(26)11-4-6-25(7-5-11)14-13(18)8-12(9-22-14)17(19,20)21/h8-11H,4-7H2,1-3H3,(H,23,26). The van der Waals surface area contributed by atoms with Crippen molar-refractivity contribution < 1.29 is 22.8 Å². The van der Waals surface area contributed by atoms with Crippen LogP contribution in [0.25, 0.3) is 0 Å². The number of hydrogen-bond acceptors (Lipinski definition) is 4. The number of piperidine rings is 1. The van der Waals surface area contributed by atoms with Crippen molar-refractivity contribution in [1.29, 1.82) is 0 Å². The summed E-state index contributed by atoms with van der Waals surface area (Å²) in [4.78, 5) is 31.2. The van der Waals surface area contributed by atoms with Crippen LogP contribution in [0, 0.1) is 5.92 Å². The molecule has 6 nitrogen and oxygen atoms in total. The highest BCUT2D eigenvalue weighted by Crippen LogP contribution is 2.34. The Labute approximate surface area is 160 Å². The molecular weight excluding hydrogens is 385 g/mol. The monoisotopic (exact) mass is 406 g/mol. The van der Waals surface area contributed by atoms with Crippen molar-refractivity contribution in [2.45, 2.75) is 32.0 Å². The molecule has 1 N–H and O–H groups in total. The van der Waals surface area contributed by atoms with E-state index in [0.29, 0.717) is 25.9 Å². The fraction of sp³-hybridized carbons (Fsp3) is 0.588. The number of carbonyl (C=O) groups excluding carboxylic acids is 2. The van der Waals surface area contributed by atoms with Gasteiger partial charge in [0.2, 0.25) is 11.8 Å². The van der Waals surface area contributed by atoms with E-state index >= 15 is 0 Å². The maximum absolute atomic E-state index is 12.7. The Kier molecular flexibility index (Phi) is 6.56. The minimum absolute atomic E-state index is 0.0714. The molecule has 0 aliphatic carbocycles. The first-order chi connectivity index (χ1) is 12.5. The quantitative estimate of drug-likeness (QED) is 0.834. The topological polar surface area (TPSA) is 65.5 Å². The summed E-state index contributed by atoms with van der Waals surface area (Å²) in [5.74, 6) is -0.392. The van der Waals surface area contributed by atoms with Gasteiger partial charge in [-0.3, -0.25) is 9.59 Å². The van der Waals surface area contributed by atoms with E-state index in [1.807, 2.05) is 0 Å². The van der Waals surface area contributed by atoms with Gasteiger partial charge in [-0.05, 0) is 25.8 Å². The first kappa shape index (κ1) is 21.3. The molecule has 1 aromatic rings. The van der Waals surface area contributed by atoms with Crippen LogP contribution in [0.4, 0.5) is 19.0 Å². The first-order valence-corrected chi connectivity index (χ1v) is 8.87. The lowest BCUT2D eigenvalue weighted by atomic mass is 9.95. The average Bonchev–Trinajstić information content (AvgIpc) is 2.60. The number of anilines is 1. The van der Waals surface area contributed by atoms with E-state index in [-0.39, 0.29) is 28.6 Å². The average molecular weight is 407 g/mol. The third-order valence-electron chi connectivity index (χ3n) is 4.48. The predicted molar refractivity (Wildman–Crippen MR) is 95.5 cm³/mol. The number of halogens is 4. The highest BCUT2D eigenvalue weighted by atomic mass is 35.5. The minimum Gasteiger partial charge on any atom is -0.355 e. The normalized spacial score (nSPS) is 16.8. The number of nitrogens with zero attached hydrogens (tertiary/aromatic N) is 3. The molecule has 1 atom stereocenters. The molecule has 0 spiro atoms. The van der Waals surface area contributed by atoms with Gasteiger partial charge in [0.05, 0.1) is 10.6 Å². The molecule has 1 fully saturated rings. The van der Waals surface area contributed by atoms with Gasteiger partial charge < -0.3 is 15.1 Å². The van der Waals surface area contributed by atoms with E-state index in [4.69, 9.17) is 11.6 Å². The van der Waals surface area contributed by atoms with E-state index < -0.39 is 17.8 Å². The Hall–Kier alpha value is -2.03.